The molecule has 84 valence electrons. The minimum Gasteiger partial charge on any atom is -0.248 e. The van der Waals surface area contributed by atoms with E-state index in [0.29, 0.717) is 0 Å². The topological polar surface area (TPSA) is 12.9 Å². The summed E-state index contributed by atoms with van der Waals surface area (Å²) in [5.41, 5.74) is 2.70. The lowest BCUT2D eigenvalue weighted by Gasteiger charge is -2.13. The minimum atomic E-state index is 0.146. The van der Waals surface area contributed by atoms with Crippen LogP contribution in [-0.2, 0) is 5.41 Å². The lowest BCUT2D eigenvalue weighted by Crippen LogP contribution is -2.09. The number of thiazole rings is 1. The Morgan fingerprint density at radius 3 is 2.19 bits per heavy atom. The van der Waals surface area contributed by atoms with E-state index in [2.05, 4.69) is 56.9 Å². The van der Waals surface area contributed by atoms with E-state index in [0.717, 1.165) is 0 Å². The van der Waals surface area contributed by atoms with Crippen LogP contribution in [0.2, 0.25) is 0 Å². The van der Waals surface area contributed by atoms with E-state index in [-0.39, 0.29) is 5.41 Å². The predicted octanol–water partition coefficient (Wildman–Crippen LogP) is 4.42. The largest absolute Gasteiger partial charge is 0.248 e. The van der Waals surface area contributed by atoms with Crippen LogP contribution < -0.4 is 0 Å². The van der Waals surface area contributed by atoms with Crippen molar-refractivity contribution in [1.29, 1.82) is 0 Å². The molecular formula is C14H17NS. The molecule has 1 heterocycles. The fourth-order valence-electron chi connectivity index (χ4n) is 1.47. The Labute approximate surface area is 101 Å². The maximum atomic E-state index is 4.50. The van der Waals surface area contributed by atoms with E-state index in [1.807, 2.05) is 6.20 Å². The van der Waals surface area contributed by atoms with E-state index in [9.17, 15) is 0 Å². The number of aryl methyl sites for hydroxylation is 1. The van der Waals surface area contributed by atoms with Crippen molar-refractivity contribution in [2.24, 2.45) is 0 Å². The van der Waals surface area contributed by atoms with Crippen molar-refractivity contribution in [1.82, 2.24) is 4.98 Å². The van der Waals surface area contributed by atoms with Crippen LogP contribution in [0.3, 0.4) is 0 Å². The van der Waals surface area contributed by atoms with E-state index in [1.165, 1.54) is 21.0 Å². The summed E-state index contributed by atoms with van der Waals surface area (Å²) in [4.78, 5) is 5.76. The lowest BCUT2D eigenvalue weighted by molar-refractivity contribution is 0.585. The zero-order valence-electron chi connectivity index (χ0n) is 10.2. The van der Waals surface area contributed by atoms with Gasteiger partial charge in [0.15, 0.2) is 0 Å². The number of hydrogen-bond donors (Lipinski definition) is 0. The Hall–Kier alpha value is -1.15. The molecular weight excluding hydrogens is 214 g/mol. The molecule has 0 radical (unpaired) electrons. The third-order valence-electron chi connectivity index (χ3n) is 2.48. The van der Waals surface area contributed by atoms with Gasteiger partial charge in [-0.3, -0.25) is 0 Å². The SMILES string of the molecule is Cc1ccc(-c2cnc(C(C)(C)C)s2)cc1. The van der Waals surface area contributed by atoms with E-state index < -0.39 is 0 Å². The molecule has 0 bridgehead atoms. The second-order valence-corrected chi connectivity index (χ2v) is 6.18. The summed E-state index contributed by atoms with van der Waals surface area (Å²) in [6.07, 6.45) is 1.98. The van der Waals surface area contributed by atoms with Gasteiger partial charge >= 0.3 is 0 Å². The van der Waals surface area contributed by atoms with E-state index in [4.69, 9.17) is 0 Å². The number of nitrogens with zero attached hydrogens (tertiary/aromatic N) is 1. The first-order chi connectivity index (χ1) is 7.47. The third kappa shape index (κ3) is 2.33. The number of rotatable bonds is 1. The molecule has 0 aliphatic rings. The zero-order valence-corrected chi connectivity index (χ0v) is 11.1. The molecule has 0 amide bonds. The predicted molar refractivity (Wildman–Crippen MR) is 71.0 cm³/mol. The first kappa shape index (κ1) is 11.3. The van der Waals surface area contributed by atoms with Gasteiger partial charge in [-0.15, -0.1) is 11.3 Å². The van der Waals surface area contributed by atoms with Crippen LogP contribution in [0, 0.1) is 6.92 Å². The van der Waals surface area contributed by atoms with Crippen LogP contribution in [0.15, 0.2) is 30.5 Å². The van der Waals surface area contributed by atoms with Gasteiger partial charge in [-0.2, -0.15) is 0 Å². The summed E-state index contributed by atoms with van der Waals surface area (Å²) < 4.78 is 0. The van der Waals surface area contributed by atoms with Crippen molar-refractivity contribution in [3.8, 4) is 10.4 Å². The van der Waals surface area contributed by atoms with Crippen molar-refractivity contribution in [3.05, 3.63) is 41.0 Å². The van der Waals surface area contributed by atoms with Gasteiger partial charge in [-0.25, -0.2) is 4.98 Å². The van der Waals surface area contributed by atoms with Gasteiger partial charge in [0.05, 0.1) is 9.88 Å². The highest BCUT2D eigenvalue weighted by atomic mass is 32.1. The highest BCUT2D eigenvalue weighted by Gasteiger charge is 2.18. The zero-order chi connectivity index (χ0) is 11.8. The molecule has 0 aliphatic heterocycles. The first-order valence-electron chi connectivity index (χ1n) is 5.50. The Morgan fingerprint density at radius 2 is 1.69 bits per heavy atom. The smallest absolute Gasteiger partial charge is 0.0984 e. The van der Waals surface area contributed by atoms with Gasteiger partial charge in [0, 0.05) is 11.6 Å². The molecule has 1 aromatic carbocycles. The normalized spacial score (nSPS) is 11.8. The van der Waals surface area contributed by atoms with Crippen LogP contribution in [0.4, 0.5) is 0 Å². The van der Waals surface area contributed by atoms with Gasteiger partial charge in [-0.05, 0) is 12.5 Å². The van der Waals surface area contributed by atoms with Crippen LogP contribution >= 0.6 is 11.3 Å². The van der Waals surface area contributed by atoms with Gasteiger partial charge in [0.25, 0.3) is 0 Å². The van der Waals surface area contributed by atoms with Gasteiger partial charge in [0.2, 0.25) is 0 Å². The monoisotopic (exact) mass is 231 g/mol. The maximum Gasteiger partial charge on any atom is 0.0984 e. The summed E-state index contributed by atoms with van der Waals surface area (Å²) in [6, 6.07) is 8.61. The average Bonchev–Trinajstić information content (AvgIpc) is 2.67. The summed E-state index contributed by atoms with van der Waals surface area (Å²) >= 11 is 1.79. The summed E-state index contributed by atoms with van der Waals surface area (Å²) in [6.45, 7) is 8.71. The third-order valence-corrected chi connectivity index (χ3v) is 3.96. The Balaban J connectivity index is 2.35. The molecule has 0 atom stereocenters. The van der Waals surface area contributed by atoms with Crippen molar-refractivity contribution in [2.45, 2.75) is 33.1 Å². The van der Waals surface area contributed by atoms with Crippen LogP contribution in [0.25, 0.3) is 10.4 Å². The molecule has 2 heteroatoms. The van der Waals surface area contributed by atoms with E-state index >= 15 is 0 Å². The average molecular weight is 231 g/mol. The Morgan fingerprint density at radius 1 is 1.06 bits per heavy atom. The molecule has 1 nitrogen and oxygen atoms in total. The number of hydrogen-bond acceptors (Lipinski definition) is 2. The van der Waals surface area contributed by atoms with Crippen molar-refractivity contribution in [2.75, 3.05) is 0 Å². The first-order valence-corrected chi connectivity index (χ1v) is 6.32. The maximum absolute atomic E-state index is 4.50. The van der Waals surface area contributed by atoms with Gasteiger partial charge in [-0.1, -0.05) is 50.6 Å². The summed E-state index contributed by atoms with van der Waals surface area (Å²) in [5, 5.41) is 1.20. The molecule has 2 rings (SSSR count). The Bertz CT molecular complexity index is 474. The Kier molecular flexibility index (Phi) is 2.85. The summed E-state index contributed by atoms with van der Waals surface area (Å²) in [7, 11) is 0. The molecule has 0 fully saturated rings. The fourth-order valence-corrected chi connectivity index (χ4v) is 2.45. The molecule has 0 saturated heterocycles. The molecule has 1 aromatic heterocycles. The van der Waals surface area contributed by atoms with Crippen LogP contribution in [0.1, 0.15) is 31.3 Å². The minimum absolute atomic E-state index is 0.146. The van der Waals surface area contributed by atoms with Crippen molar-refractivity contribution < 1.29 is 0 Å². The fraction of sp³-hybridized carbons (Fsp3) is 0.357. The molecule has 0 unspecified atom stereocenters. The number of benzene rings is 1. The van der Waals surface area contributed by atoms with E-state index in [1.54, 1.807) is 11.3 Å². The second-order valence-electron chi connectivity index (χ2n) is 5.15. The van der Waals surface area contributed by atoms with Crippen molar-refractivity contribution in [3.63, 3.8) is 0 Å². The standard InChI is InChI=1S/C14H17NS/c1-10-5-7-11(8-6-10)12-9-15-13(16-12)14(2,3)4/h5-9H,1-4H3. The van der Waals surface area contributed by atoms with Gasteiger partial charge in [0.1, 0.15) is 0 Å². The van der Waals surface area contributed by atoms with Crippen LogP contribution in [0.5, 0.6) is 0 Å². The second kappa shape index (κ2) is 4.02. The molecule has 2 aromatic rings. The molecule has 0 aliphatic carbocycles. The highest BCUT2D eigenvalue weighted by Crippen LogP contribution is 2.32. The molecule has 0 saturated carbocycles. The summed E-state index contributed by atoms with van der Waals surface area (Å²) in [5.74, 6) is 0. The quantitative estimate of drug-likeness (QED) is 0.708. The molecule has 0 N–H and O–H groups in total. The van der Waals surface area contributed by atoms with Crippen molar-refractivity contribution >= 4 is 11.3 Å². The molecule has 16 heavy (non-hydrogen) atoms. The van der Waals surface area contributed by atoms with Gasteiger partial charge < -0.3 is 0 Å². The highest BCUT2D eigenvalue weighted by molar-refractivity contribution is 7.15. The van der Waals surface area contributed by atoms with Crippen LogP contribution in [-0.4, -0.2) is 4.98 Å². The number of aromatic nitrogens is 1. The lowest BCUT2D eigenvalue weighted by atomic mass is 9.98. The molecule has 0 spiro atoms.